The van der Waals surface area contributed by atoms with Gasteiger partial charge in [0.2, 0.25) is 0 Å². The number of aromatic nitrogens is 2. The molecule has 3 N–H and O–H groups in total. The minimum Gasteiger partial charge on any atom is -0.382 e. The molecule has 8 heteroatoms. The SMILES string of the molecule is Cc1c(C(=O)NCCCc2nn(-c3ccc(F)cc3)c(N)c2C#N)sc2ccccc12. The van der Waals surface area contributed by atoms with E-state index >= 15 is 0 Å². The highest BCUT2D eigenvalue weighted by Crippen LogP contribution is 2.30. The number of benzene rings is 2. The fourth-order valence-electron chi connectivity index (χ4n) is 3.48. The number of fused-ring (bicyclic) bond motifs is 1. The normalized spacial score (nSPS) is 10.9. The van der Waals surface area contributed by atoms with Gasteiger partial charge in [0.15, 0.2) is 0 Å². The molecule has 0 saturated heterocycles. The summed E-state index contributed by atoms with van der Waals surface area (Å²) in [4.78, 5) is 13.3. The van der Waals surface area contributed by atoms with Gasteiger partial charge in [0.25, 0.3) is 5.91 Å². The molecule has 6 nitrogen and oxygen atoms in total. The van der Waals surface area contributed by atoms with E-state index in [1.54, 1.807) is 12.1 Å². The van der Waals surface area contributed by atoms with Gasteiger partial charge in [-0.25, -0.2) is 9.07 Å². The maximum Gasteiger partial charge on any atom is 0.261 e. The van der Waals surface area contributed by atoms with Crippen molar-refractivity contribution in [1.29, 1.82) is 5.26 Å². The Morgan fingerprint density at radius 3 is 2.71 bits per heavy atom. The van der Waals surface area contributed by atoms with Gasteiger partial charge in [-0.1, -0.05) is 18.2 Å². The number of hydrogen-bond donors (Lipinski definition) is 2. The lowest BCUT2D eigenvalue weighted by molar-refractivity contribution is 0.0957. The Morgan fingerprint density at radius 2 is 2.00 bits per heavy atom. The third-order valence-electron chi connectivity index (χ3n) is 5.10. The Bertz CT molecular complexity index is 1300. The molecule has 156 valence electrons. The molecular formula is C23H20FN5OS. The van der Waals surface area contributed by atoms with Crippen LogP contribution in [0, 0.1) is 24.1 Å². The number of carbonyl (C=O) groups excluding carboxylic acids is 1. The number of hydrogen-bond acceptors (Lipinski definition) is 5. The number of nitrogens with one attached hydrogen (secondary N) is 1. The van der Waals surface area contributed by atoms with Crippen molar-refractivity contribution in [2.24, 2.45) is 0 Å². The lowest BCUT2D eigenvalue weighted by atomic mass is 10.1. The average Bonchev–Trinajstić information content (AvgIpc) is 3.28. The zero-order valence-electron chi connectivity index (χ0n) is 16.9. The number of halogens is 1. The first-order valence-corrected chi connectivity index (χ1v) is 10.6. The first-order chi connectivity index (χ1) is 15.0. The Labute approximate surface area is 182 Å². The summed E-state index contributed by atoms with van der Waals surface area (Å²) in [5.74, 6) is -0.246. The first kappa shape index (κ1) is 20.6. The van der Waals surface area contributed by atoms with E-state index in [9.17, 15) is 14.4 Å². The minimum absolute atomic E-state index is 0.101. The molecule has 2 heterocycles. The number of carbonyl (C=O) groups is 1. The molecule has 4 rings (SSSR count). The Morgan fingerprint density at radius 1 is 1.26 bits per heavy atom. The van der Waals surface area contributed by atoms with Crippen LogP contribution in [-0.2, 0) is 6.42 Å². The molecule has 31 heavy (non-hydrogen) atoms. The lowest BCUT2D eigenvalue weighted by Gasteiger charge is -2.04. The van der Waals surface area contributed by atoms with Gasteiger partial charge in [-0.05, 0) is 61.0 Å². The predicted octanol–water partition coefficient (Wildman–Crippen LogP) is 4.35. The number of nitriles is 1. The van der Waals surface area contributed by atoms with Crippen molar-refractivity contribution in [3.8, 4) is 11.8 Å². The molecule has 0 radical (unpaired) electrons. The van der Waals surface area contributed by atoms with Crippen molar-refractivity contribution < 1.29 is 9.18 Å². The quantitative estimate of drug-likeness (QED) is 0.442. The van der Waals surface area contributed by atoms with Crippen LogP contribution in [0.15, 0.2) is 48.5 Å². The summed E-state index contributed by atoms with van der Waals surface area (Å²) in [6.07, 6.45) is 1.08. The molecular weight excluding hydrogens is 413 g/mol. The second kappa shape index (κ2) is 8.58. The number of thiophene rings is 1. The second-order valence-electron chi connectivity index (χ2n) is 7.12. The van der Waals surface area contributed by atoms with E-state index in [1.165, 1.54) is 28.2 Å². The fourth-order valence-corrected chi connectivity index (χ4v) is 4.61. The summed E-state index contributed by atoms with van der Waals surface area (Å²) in [7, 11) is 0. The highest BCUT2D eigenvalue weighted by molar-refractivity contribution is 7.21. The molecule has 2 aromatic carbocycles. The summed E-state index contributed by atoms with van der Waals surface area (Å²) >= 11 is 1.48. The van der Waals surface area contributed by atoms with Crippen LogP contribution in [0.5, 0.6) is 0 Å². The van der Waals surface area contributed by atoms with Crippen LogP contribution in [-0.4, -0.2) is 22.2 Å². The highest BCUT2D eigenvalue weighted by Gasteiger charge is 2.17. The van der Waals surface area contributed by atoms with Crippen LogP contribution >= 0.6 is 11.3 Å². The van der Waals surface area contributed by atoms with Gasteiger partial charge in [-0.15, -0.1) is 11.3 Å². The predicted molar refractivity (Wildman–Crippen MR) is 120 cm³/mol. The van der Waals surface area contributed by atoms with Crippen molar-refractivity contribution in [1.82, 2.24) is 15.1 Å². The van der Waals surface area contributed by atoms with Gasteiger partial charge >= 0.3 is 0 Å². The van der Waals surface area contributed by atoms with E-state index in [2.05, 4.69) is 16.5 Å². The fraction of sp³-hybridized carbons (Fsp3) is 0.174. The smallest absolute Gasteiger partial charge is 0.261 e. The first-order valence-electron chi connectivity index (χ1n) is 9.79. The van der Waals surface area contributed by atoms with Gasteiger partial charge in [0.1, 0.15) is 23.3 Å². The van der Waals surface area contributed by atoms with Crippen molar-refractivity contribution in [3.63, 3.8) is 0 Å². The third-order valence-corrected chi connectivity index (χ3v) is 6.37. The molecule has 0 aliphatic heterocycles. The molecule has 0 aliphatic carbocycles. The molecule has 1 amide bonds. The van der Waals surface area contributed by atoms with Crippen molar-refractivity contribution in [2.75, 3.05) is 12.3 Å². The van der Waals surface area contributed by atoms with Crippen molar-refractivity contribution >= 4 is 33.1 Å². The molecule has 2 aromatic heterocycles. The largest absolute Gasteiger partial charge is 0.382 e. The van der Waals surface area contributed by atoms with Crippen LogP contribution in [0.25, 0.3) is 15.8 Å². The maximum absolute atomic E-state index is 13.2. The lowest BCUT2D eigenvalue weighted by Crippen LogP contribution is -2.24. The van der Waals surface area contributed by atoms with Gasteiger partial charge in [0.05, 0.1) is 16.3 Å². The number of rotatable bonds is 6. The van der Waals surface area contributed by atoms with Crippen LogP contribution in [0.2, 0.25) is 0 Å². The number of nitrogens with zero attached hydrogens (tertiary/aromatic N) is 3. The van der Waals surface area contributed by atoms with Crippen LogP contribution in [0.1, 0.15) is 32.9 Å². The number of aryl methyl sites for hydroxylation is 2. The monoisotopic (exact) mass is 433 g/mol. The van der Waals surface area contributed by atoms with E-state index < -0.39 is 0 Å². The van der Waals surface area contributed by atoms with Crippen LogP contribution < -0.4 is 11.1 Å². The number of nitrogen functional groups attached to an aromatic ring is 1. The summed E-state index contributed by atoms with van der Waals surface area (Å²) < 4.78 is 15.7. The molecule has 0 spiro atoms. The number of amides is 1. The van der Waals surface area contributed by atoms with E-state index in [1.807, 2.05) is 31.2 Å². The summed E-state index contributed by atoms with van der Waals surface area (Å²) in [5, 5.41) is 18.0. The third kappa shape index (κ3) is 4.00. The topological polar surface area (TPSA) is 96.7 Å². The van der Waals surface area contributed by atoms with E-state index in [0.29, 0.717) is 41.2 Å². The molecule has 0 aliphatic rings. The zero-order chi connectivity index (χ0) is 22.0. The molecule has 0 unspecified atom stereocenters. The molecule has 0 atom stereocenters. The van der Waals surface area contributed by atoms with E-state index in [0.717, 1.165) is 15.6 Å². The number of nitrogens with two attached hydrogens (primary N) is 1. The summed E-state index contributed by atoms with van der Waals surface area (Å²) in [6.45, 7) is 2.40. The maximum atomic E-state index is 13.2. The van der Waals surface area contributed by atoms with E-state index in [-0.39, 0.29) is 17.5 Å². The standard InChI is InChI=1S/C23H20FN5OS/c1-14-17-5-2-3-7-20(17)31-21(14)23(30)27-12-4-6-19-18(13-25)22(26)29(28-19)16-10-8-15(24)9-11-16/h2-3,5,7-11H,4,6,12,26H2,1H3,(H,27,30). The van der Waals surface area contributed by atoms with Gasteiger partial charge < -0.3 is 11.1 Å². The zero-order valence-corrected chi connectivity index (χ0v) is 17.7. The number of anilines is 1. The van der Waals surface area contributed by atoms with Crippen LogP contribution in [0.4, 0.5) is 10.2 Å². The van der Waals surface area contributed by atoms with Gasteiger partial charge in [0, 0.05) is 11.2 Å². The highest BCUT2D eigenvalue weighted by atomic mass is 32.1. The molecule has 0 bridgehead atoms. The van der Waals surface area contributed by atoms with Crippen molar-refractivity contribution in [3.05, 3.63) is 76.0 Å². The Hall–Kier alpha value is -3.70. The average molecular weight is 434 g/mol. The van der Waals surface area contributed by atoms with Gasteiger partial charge in [-0.2, -0.15) is 10.4 Å². The summed E-state index contributed by atoms with van der Waals surface area (Å²) in [6, 6.07) is 15.8. The minimum atomic E-state index is -0.361. The van der Waals surface area contributed by atoms with Gasteiger partial charge in [-0.3, -0.25) is 4.79 Å². The molecule has 0 saturated carbocycles. The molecule has 4 aromatic rings. The molecule has 0 fully saturated rings. The van der Waals surface area contributed by atoms with Crippen LogP contribution in [0.3, 0.4) is 0 Å². The second-order valence-corrected chi connectivity index (χ2v) is 8.17. The van der Waals surface area contributed by atoms with Crippen molar-refractivity contribution in [2.45, 2.75) is 19.8 Å². The summed E-state index contributed by atoms with van der Waals surface area (Å²) in [5.41, 5.74) is 8.50. The Kier molecular flexibility index (Phi) is 5.69. The van der Waals surface area contributed by atoms with E-state index in [4.69, 9.17) is 5.73 Å². The Balaban J connectivity index is 1.42.